The summed E-state index contributed by atoms with van der Waals surface area (Å²) in [6, 6.07) is 0. The maximum atomic E-state index is 4.55. The van der Waals surface area contributed by atoms with Crippen molar-refractivity contribution in [3.8, 4) is 0 Å². The molecule has 0 aromatic rings. The monoisotopic (exact) mass is 117 g/mol. The second-order valence-corrected chi connectivity index (χ2v) is 0.923. The zero-order chi connectivity index (χ0) is 4.24. The average molecular weight is 117 g/mol. The molecule has 0 radical (unpaired) electrons. The van der Waals surface area contributed by atoms with Gasteiger partial charge in [-0.2, -0.15) is 9.90 Å². The molecule has 0 fully saturated rings. The molecule has 0 aliphatic carbocycles. The Hall–Kier alpha value is -0.490. The standard InChI is InChI=1S/C4H5NO.H3P/c1-2-4-6-5-3-1;/h1-5H;1H3. The highest BCUT2D eigenvalue weighted by Crippen LogP contribution is 1.80. The highest BCUT2D eigenvalue weighted by Gasteiger charge is 1.72. The van der Waals surface area contributed by atoms with Gasteiger partial charge in [-0.3, -0.25) is 0 Å². The Morgan fingerprint density at radius 3 is 2.29 bits per heavy atom. The molecular formula is C4H8NOP. The van der Waals surface area contributed by atoms with Gasteiger partial charge in [0.2, 0.25) is 0 Å². The van der Waals surface area contributed by atoms with E-state index < -0.39 is 0 Å². The topological polar surface area (TPSA) is 21.3 Å². The summed E-state index contributed by atoms with van der Waals surface area (Å²) in [6.45, 7) is 0. The third kappa shape index (κ3) is 2.24. The van der Waals surface area contributed by atoms with Gasteiger partial charge in [-0.15, -0.1) is 0 Å². The Labute approximate surface area is 45.8 Å². The van der Waals surface area contributed by atoms with Gasteiger partial charge in [-0.1, -0.05) is 0 Å². The van der Waals surface area contributed by atoms with Crippen LogP contribution in [0.15, 0.2) is 24.6 Å². The molecule has 1 aliphatic heterocycles. The molecule has 0 saturated carbocycles. The van der Waals surface area contributed by atoms with Gasteiger partial charge in [-0.25, -0.2) is 5.48 Å². The minimum atomic E-state index is 0. The molecule has 0 saturated heterocycles. The van der Waals surface area contributed by atoms with Crippen molar-refractivity contribution in [2.45, 2.75) is 0 Å². The van der Waals surface area contributed by atoms with Crippen molar-refractivity contribution < 1.29 is 4.84 Å². The lowest BCUT2D eigenvalue weighted by Crippen LogP contribution is -2.01. The number of nitrogens with one attached hydrogen (secondary N) is 1. The second kappa shape index (κ2) is 3.69. The van der Waals surface area contributed by atoms with Gasteiger partial charge in [0.05, 0.1) is 0 Å². The van der Waals surface area contributed by atoms with E-state index in [0.29, 0.717) is 0 Å². The first-order chi connectivity index (χ1) is 3.00. The molecule has 1 heterocycles. The van der Waals surface area contributed by atoms with Crippen LogP contribution in [0.1, 0.15) is 0 Å². The lowest BCUT2D eigenvalue weighted by molar-refractivity contribution is 0.172. The van der Waals surface area contributed by atoms with E-state index in [1.807, 2.05) is 6.08 Å². The smallest absolute Gasteiger partial charge is 0.119 e. The van der Waals surface area contributed by atoms with E-state index in [0.717, 1.165) is 0 Å². The van der Waals surface area contributed by atoms with E-state index in [4.69, 9.17) is 0 Å². The summed E-state index contributed by atoms with van der Waals surface area (Å²) in [5.74, 6) is 0. The van der Waals surface area contributed by atoms with Crippen LogP contribution < -0.4 is 5.48 Å². The summed E-state index contributed by atoms with van der Waals surface area (Å²) < 4.78 is 0. The van der Waals surface area contributed by atoms with Crippen molar-refractivity contribution in [3.63, 3.8) is 0 Å². The van der Waals surface area contributed by atoms with Gasteiger partial charge in [0.15, 0.2) is 0 Å². The summed E-state index contributed by atoms with van der Waals surface area (Å²) in [7, 11) is 0. The maximum Gasteiger partial charge on any atom is 0.119 e. The lowest BCUT2D eigenvalue weighted by Gasteiger charge is -1.97. The van der Waals surface area contributed by atoms with Gasteiger partial charge >= 0.3 is 0 Å². The van der Waals surface area contributed by atoms with Crippen LogP contribution in [0.3, 0.4) is 0 Å². The summed E-state index contributed by atoms with van der Waals surface area (Å²) in [5.41, 5.74) is 2.52. The predicted molar refractivity (Wildman–Crippen MR) is 33.6 cm³/mol. The van der Waals surface area contributed by atoms with Crippen LogP contribution in [-0.4, -0.2) is 0 Å². The van der Waals surface area contributed by atoms with Gasteiger partial charge in [0, 0.05) is 6.20 Å². The molecule has 1 rings (SSSR count). The van der Waals surface area contributed by atoms with Gasteiger partial charge in [0.1, 0.15) is 6.26 Å². The molecule has 1 N–H and O–H groups in total. The molecule has 0 aromatic carbocycles. The fraction of sp³-hybridized carbons (Fsp3) is 0. The zero-order valence-electron chi connectivity index (χ0n) is 3.92. The first-order valence-corrected chi connectivity index (χ1v) is 1.73. The molecule has 0 amide bonds. The van der Waals surface area contributed by atoms with Gasteiger partial charge in [-0.05, 0) is 12.2 Å². The van der Waals surface area contributed by atoms with E-state index >= 15 is 0 Å². The van der Waals surface area contributed by atoms with Crippen molar-refractivity contribution in [1.29, 1.82) is 0 Å². The first-order valence-electron chi connectivity index (χ1n) is 1.73. The minimum Gasteiger partial charge on any atom is -0.391 e. The molecule has 40 valence electrons. The number of hydrogen-bond donors (Lipinski definition) is 1. The van der Waals surface area contributed by atoms with Crippen LogP contribution in [0.5, 0.6) is 0 Å². The number of allylic oxidation sites excluding steroid dienone is 2. The first kappa shape index (κ1) is 6.51. The second-order valence-electron chi connectivity index (χ2n) is 0.923. The zero-order valence-corrected chi connectivity index (χ0v) is 5.34. The SMILES string of the molecule is C1=CNOC=C1.P. The fourth-order valence-corrected chi connectivity index (χ4v) is 0.258. The third-order valence-corrected chi connectivity index (χ3v) is 0.490. The van der Waals surface area contributed by atoms with E-state index in [1.54, 1.807) is 18.5 Å². The molecule has 2 nitrogen and oxygen atoms in total. The summed E-state index contributed by atoms with van der Waals surface area (Å²) >= 11 is 0. The molecule has 1 aliphatic rings. The molecule has 7 heavy (non-hydrogen) atoms. The van der Waals surface area contributed by atoms with Crippen LogP contribution in [0.25, 0.3) is 0 Å². The van der Waals surface area contributed by atoms with Crippen molar-refractivity contribution in [1.82, 2.24) is 5.48 Å². The predicted octanol–water partition coefficient (Wildman–Crippen LogP) is 0.607. The summed E-state index contributed by atoms with van der Waals surface area (Å²) in [6.07, 6.45) is 6.93. The quantitative estimate of drug-likeness (QED) is 0.469. The third-order valence-electron chi connectivity index (χ3n) is 0.490. The highest BCUT2D eigenvalue weighted by atomic mass is 31.0. The molecule has 0 spiro atoms. The molecule has 0 bridgehead atoms. The number of hydroxylamine groups is 1. The molecule has 1 unspecified atom stereocenters. The Morgan fingerprint density at radius 2 is 2.14 bits per heavy atom. The Bertz CT molecular complexity index is 77.7. The van der Waals surface area contributed by atoms with Crippen LogP contribution >= 0.6 is 9.90 Å². The van der Waals surface area contributed by atoms with Crippen molar-refractivity contribution in [2.24, 2.45) is 0 Å². The van der Waals surface area contributed by atoms with Crippen molar-refractivity contribution in [3.05, 3.63) is 24.6 Å². The van der Waals surface area contributed by atoms with E-state index in [2.05, 4.69) is 10.3 Å². The summed E-state index contributed by atoms with van der Waals surface area (Å²) in [5, 5.41) is 0. The Kier molecular flexibility index (Phi) is 3.43. The van der Waals surface area contributed by atoms with Crippen LogP contribution in [0, 0.1) is 0 Å². The molecule has 3 heteroatoms. The summed E-state index contributed by atoms with van der Waals surface area (Å²) in [4.78, 5) is 4.55. The van der Waals surface area contributed by atoms with Crippen molar-refractivity contribution >= 4 is 9.90 Å². The van der Waals surface area contributed by atoms with E-state index in [-0.39, 0.29) is 9.90 Å². The van der Waals surface area contributed by atoms with Gasteiger partial charge < -0.3 is 4.84 Å². The normalized spacial score (nSPS) is 13.7. The Balaban J connectivity index is 0.000000360. The molecular weight excluding hydrogens is 109 g/mol. The molecule has 0 aromatic heterocycles. The van der Waals surface area contributed by atoms with Crippen LogP contribution in [0.2, 0.25) is 0 Å². The largest absolute Gasteiger partial charge is 0.391 e. The number of hydrogen-bond acceptors (Lipinski definition) is 2. The maximum absolute atomic E-state index is 4.55. The highest BCUT2D eigenvalue weighted by molar-refractivity contribution is 6.92. The average Bonchev–Trinajstić information content (AvgIpc) is 1.72. The van der Waals surface area contributed by atoms with Crippen molar-refractivity contribution in [2.75, 3.05) is 0 Å². The van der Waals surface area contributed by atoms with Crippen LogP contribution in [0.4, 0.5) is 0 Å². The number of rotatable bonds is 0. The van der Waals surface area contributed by atoms with E-state index in [1.165, 1.54) is 0 Å². The fourth-order valence-electron chi connectivity index (χ4n) is 0.258. The molecule has 1 atom stereocenters. The van der Waals surface area contributed by atoms with E-state index in [9.17, 15) is 0 Å². The minimum absolute atomic E-state index is 0. The van der Waals surface area contributed by atoms with Crippen LogP contribution in [-0.2, 0) is 4.84 Å². The lowest BCUT2D eigenvalue weighted by atomic mass is 10.6. The van der Waals surface area contributed by atoms with Gasteiger partial charge in [0.25, 0.3) is 0 Å². The Morgan fingerprint density at radius 1 is 1.29 bits per heavy atom.